The first-order chi connectivity index (χ1) is 14.9. The third kappa shape index (κ3) is 5.60. The molecule has 3 rings (SSSR count). The van der Waals surface area contributed by atoms with Crippen molar-refractivity contribution in [2.45, 2.75) is 38.3 Å². The van der Waals surface area contributed by atoms with Crippen molar-refractivity contribution in [3.05, 3.63) is 46.9 Å². The number of hydrogen-bond acceptors (Lipinski definition) is 10. The molecule has 2 aromatic carbocycles. The van der Waals surface area contributed by atoms with Crippen LogP contribution < -0.4 is 4.74 Å². The topological polar surface area (TPSA) is 119 Å². The van der Waals surface area contributed by atoms with E-state index >= 15 is 0 Å². The molecule has 4 atom stereocenters. The van der Waals surface area contributed by atoms with Crippen LogP contribution in [0.5, 0.6) is 5.75 Å². The number of ether oxygens (including phenoxy) is 5. The molecule has 3 unspecified atom stereocenters. The molecule has 0 bridgehead atoms. The standard InChI is InChI=1S/C21H23NO9/c1-12(14-4-5-16-9-17(26-3)7-6-15(16)8-14)20(23)29-18-10-27-11-19(18)30-21(24)28-13(2)31-22-25/h4-9,12-13,18-19H,10-11H2,1-3H3/t12-,13?,18?,19?/m0/s1. The maximum Gasteiger partial charge on any atom is 0.511 e. The van der Waals surface area contributed by atoms with Gasteiger partial charge < -0.3 is 28.5 Å². The number of nitrogens with zero attached hydrogens (tertiary/aromatic N) is 1. The largest absolute Gasteiger partial charge is 0.511 e. The second-order valence-electron chi connectivity index (χ2n) is 6.98. The Balaban J connectivity index is 1.61. The summed E-state index contributed by atoms with van der Waals surface area (Å²) in [4.78, 5) is 38.7. The summed E-state index contributed by atoms with van der Waals surface area (Å²) in [5.74, 6) is -0.277. The Hall–Kier alpha value is -3.40. The third-order valence-corrected chi connectivity index (χ3v) is 4.87. The van der Waals surface area contributed by atoms with Crippen molar-refractivity contribution >= 4 is 22.9 Å². The van der Waals surface area contributed by atoms with Crippen molar-refractivity contribution in [2.24, 2.45) is 5.34 Å². The normalized spacial score (nSPS) is 19.8. The highest BCUT2D eigenvalue weighted by Crippen LogP contribution is 2.27. The minimum absolute atomic E-state index is 0.0421. The monoisotopic (exact) mass is 433 g/mol. The minimum Gasteiger partial charge on any atom is -0.497 e. The van der Waals surface area contributed by atoms with Crippen molar-refractivity contribution in [1.29, 1.82) is 0 Å². The van der Waals surface area contributed by atoms with Crippen LogP contribution in [0.3, 0.4) is 0 Å². The maximum absolute atomic E-state index is 12.7. The van der Waals surface area contributed by atoms with Gasteiger partial charge in [0, 0.05) is 6.92 Å². The number of carbonyl (C=O) groups excluding carboxylic acids is 2. The Morgan fingerprint density at radius 1 is 1.03 bits per heavy atom. The fraction of sp³-hybridized carbons (Fsp3) is 0.429. The molecule has 166 valence electrons. The summed E-state index contributed by atoms with van der Waals surface area (Å²) in [5, 5.41) is 4.12. The number of hydrogen-bond donors (Lipinski definition) is 0. The SMILES string of the molecule is COc1ccc2cc([C@H](C)C(=O)OC3COCC3OC(=O)OC(C)ON=O)ccc2c1. The number of methoxy groups -OCH3 is 1. The van der Waals surface area contributed by atoms with Crippen molar-refractivity contribution in [3.63, 3.8) is 0 Å². The molecule has 0 spiro atoms. The molecule has 10 nitrogen and oxygen atoms in total. The molecular formula is C21H23NO9. The van der Waals surface area contributed by atoms with Crippen LogP contribution in [0.2, 0.25) is 0 Å². The molecule has 0 aliphatic carbocycles. The highest BCUT2D eigenvalue weighted by molar-refractivity contribution is 5.86. The van der Waals surface area contributed by atoms with Gasteiger partial charge in [-0.1, -0.05) is 24.3 Å². The van der Waals surface area contributed by atoms with Crippen LogP contribution in [0.25, 0.3) is 10.8 Å². The van der Waals surface area contributed by atoms with E-state index in [-0.39, 0.29) is 13.2 Å². The Morgan fingerprint density at radius 2 is 1.71 bits per heavy atom. The van der Waals surface area contributed by atoms with Gasteiger partial charge in [-0.25, -0.2) is 4.79 Å². The zero-order valence-electron chi connectivity index (χ0n) is 17.3. The van der Waals surface area contributed by atoms with Gasteiger partial charge in [-0.05, 0) is 35.4 Å². The highest BCUT2D eigenvalue weighted by atomic mass is 16.9. The van der Waals surface area contributed by atoms with E-state index in [2.05, 4.69) is 10.2 Å². The molecule has 10 heteroatoms. The van der Waals surface area contributed by atoms with E-state index < -0.39 is 36.5 Å². The molecule has 0 radical (unpaired) electrons. The minimum atomic E-state index is -1.21. The van der Waals surface area contributed by atoms with Gasteiger partial charge in [0.1, 0.15) is 5.75 Å². The molecule has 1 aliphatic heterocycles. The highest BCUT2D eigenvalue weighted by Gasteiger charge is 2.36. The first-order valence-electron chi connectivity index (χ1n) is 9.63. The second kappa shape index (κ2) is 10.1. The molecular weight excluding hydrogens is 410 g/mol. The van der Waals surface area contributed by atoms with Crippen molar-refractivity contribution < 1.29 is 38.1 Å². The molecule has 31 heavy (non-hydrogen) atoms. The Bertz CT molecular complexity index is 948. The number of benzene rings is 2. The van der Waals surface area contributed by atoms with E-state index in [1.54, 1.807) is 14.0 Å². The van der Waals surface area contributed by atoms with Gasteiger partial charge in [0.05, 0.1) is 26.2 Å². The second-order valence-corrected chi connectivity index (χ2v) is 6.98. The fourth-order valence-electron chi connectivity index (χ4n) is 3.13. The molecule has 0 amide bonds. The molecule has 0 N–H and O–H groups in total. The lowest BCUT2D eigenvalue weighted by molar-refractivity contribution is -0.157. The van der Waals surface area contributed by atoms with Gasteiger partial charge in [-0.15, -0.1) is 4.91 Å². The summed E-state index contributed by atoms with van der Waals surface area (Å²) in [6.45, 7) is 3.15. The van der Waals surface area contributed by atoms with E-state index in [1.807, 2.05) is 36.4 Å². The Kier molecular flexibility index (Phi) is 7.24. The average molecular weight is 433 g/mol. The van der Waals surface area contributed by atoms with Crippen LogP contribution in [0.1, 0.15) is 25.3 Å². The number of rotatable bonds is 8. The quantitative estimate of drug-likeness (QED) is 0.267. The zero-order chi connectivity index (χ0) is 22.4. The molecule has 1 saturated heterocycles. The summed E-state index contributed by atoms with van der Waals surface area (Å²) < 4.78 is 25.8. The Labute approximate surface area is 178 Å². The lowest BCUT2D eigenvalue weighted by Gasteiger charge is -2.21. The predicted molar refractivity (Wildman–Crippen MR) is 107 cm³/mol. The predicted octanol–water partition coefficient (Wildman–Crippen LogP) is 3.46. The van der Waals surface area contributed by atoms with Crippen LogP contribution in [-0.2, 0) is 28.6 Å². The fourth-order valence-corrected chi connectivity index (χ4v) is 3.13. The molecule has 2 aromatic rings. The Morgan fingerprint density at radius 3 is 2.42 bits per heavy atom. The van der Waals surface area contributed by atoms with E-state index in [4.69, 9.17) is 23.7 Å². The maximum atomic E-state index is 12.7. The number of esters is 1. The van der Waals surface area contributed by atoms with Gasteiger partial charge in [0.15, 0.2) is 17.5 Å². The van der Waals surface area contributed by atoms with Crippen molar-refractivity contribution in [2.75, 3.05) is 20.3 Å². The summed E-state index contributed by atoms with van der Waals surface area (Å²) in [5.41, 5.74) is 0.783. The van der Waals surface area contributed by atoms with Crippen molar-refractivity contribution in [3.8, 4) is 5.75 Å². The summed E-state index contributed by atoms with van der Waals surface area (Å²) in [6, 6.07) is 11.4. The number of carbonyl (C=O) groups is 2. The van der Waals surface area contributed by atoms with Gasteiger partial charge in [0.25, 0.3) is 6.29 Å². The smallest absolute Gasteiger partial charge is 0.497 e. The van der Waals surface area contributed by atoms with Crippen LogP contribution in [0.15, 0.2) is 41.7 Å². The lowest BCUT2D eigenvalue weighted by atomic mass is 9.97. The van der Waals surface area contributed by atoms with E-state index in [0.29, 0.717) is 0 Å². The summed E-state index contributed by atoms with van der Waals surface area (Å²) in [7, 11) is 1.60. The first kappa shape index (κ1) is 22.3. The molecule has 0 aromatic heterocycles. The van der Waals surface area contributed by atoms with E-state index in [1.165, 1.54) is 6.92 Å². The van der Waals surface area contributed by atoms with E-state index in [9.17, 15) is 14.5 Å². The van der Waals surface area contributed by atoms with Crippen LogP contribution >= 0.6 is 0 Å². The molecule has 0 saturated carbocycles. The van der Waals surface area contributed by atoms with Crippen molar-refractivity contribution in [1.82, 2.24) is 0 Å². The molecule has 1 aliphatic rings. The van der Waals surface area contributed by atoms with Gasteiger partial charge >= 0.3 is 12.1 Å². The summed E-state index contributed by atoms with van der Waals surface area (Å²) >= 11 is 0. The molecule has 1 fully saturated rings. The lowest BCUT2D eigenvalue weighted by Crippen LogP contribution is -2.35. The number of fused-ring (bicyclic) bond motifs is 1. The third-order valence-electron chi connectivity index (χ3n) is 4.87. The average Bonchev–Trinajstić information content (AvgIpc) is 3.18. The van der Waals surface area contributed by atoms with Crippen LogP contribution in [0, 0.1) is 4.91 Å². The van der Waals surface area contributed by atoms with Crippen LogP contribution in [-0.4, -0.2) is 50.9 Å². The van der Waals surface area contributed by atoms with E-state index in [0.717, 1.165) is 22.1 Å². The first-order valence-corrected chi connectivity index (χ1v) is 9.63. The van der Waals surface area contributed by atoms with Gasteiger partial charge in [-0.3, -0.25) is 4.79 Å². The van der Waals surface area contributed by atoms with Crippen LogP contribution in [0.4, 0.5) is 4.79 Å². The zero-order valence-corrected chi connectivity index (χ0v) is 17.3. The van der Waals surface area contributed by atoms with Gasteiger partial charge in [0.2, 0.25) is 0 Å². The molecule has 1 heterocycles. The van der Waals surface area contributed by atoms with Gasteiger partial charge in [-0.2, -0.15) is 0 Å². The summed E-state index contributed by atoms with van der Waals surface area (Å²) in [6.07, 6.45) is -3.93.